The van der Waals surface area contributed by atoms with Crippen molar-refractivity contribution in [3.63, 3.8) is 0 Å². The van der Waals surface area contributed by atoms with Gasteiger partial charge >= 0.3 is 0 Å². The maximum absolute atomic E-state index is 11.2. The number of anilines is 1. The topological polar surface area (TPSA) is 80.5 Å². The van der Waals surface area contributed by atoms with Crippen LogP contribution in [0, 0.1) is 5.92 Å². The third kappa shape index (κ3) is 3.85. The lowest BCUT2D eigenvalue weighted by molar-refractivity contribution is -0.131. The van der Waals surface area contributed by atoms with Gasteiger partial charge in [0.2, 0.25) is 5.91 Å². The maximum Gasteiger partial charge on any atom is 0.216 e. The smallest absolute Gasteiger partial charge is 0.216 e. The van der Waals surface area contributed by atoms with Gasteiger partial charge in [-0.05, 0) is 25.5 Å². The molecule has 1 N–H and O–H groups in total. The van der Waals surface area contributed by atoms with Crippen LogP contribution in [0.1, 0.15) is 26.3 Å². The minimum atomic E-state index is 0.0111. The molecule has 2 atom stereocenters. The summed E-state index contributed by atoms with van der Waals surface area (Å²) in [5.41, 5.74) is 3.18. The second-order valence-electron chi connectivity index (χ2n) is 10.1. The normalized spacial score (nSPS) is 24.3. The maximum atomic E-state index is 11.2. The number of amides is 1. The summed E-state index contributed by atoms with van der Waals surface area (Å²) in [5, 5.41) is 13.9. The minimum absolute atomic E-state index is 0.0111. The third-order valence-corrected chi connectivity index (χ3v) is 7.82. The highest BCUT2D eigenvalue weighted by atomic mass is 35.5. The van der Waals surface area contributed by atoms with Gasteiger partial charge < -0.3 is 15.0 Å². The number of ether oxygens (including phenoxy) is 1. The van der Waals surface area contributed by atoms with E-state index in [2.05, 4.69) is 38.3 Å². The number of aromatic nitrogens is 4. The number of piperazine rings is 1. The van der Waals surface area contributed by atoms with E-state index in [-0.39, 0.29) is 11.4 Å². The molecule has 2 aliphatic heterocycles. The van der Waals surface area contributed by atoms with Gasteiger partial charge in [0.25, 0.3) is 0 Å². The minimum Gasteiger partial charge on any atom is -0.377 e. The lowest BCUT2D eigenvalue weighted by Crippen LogP contribution is -2.64. The van der Waals surface area contributed by atoms with Crippen LogP contribution < -0.4 is 10.2 Å². The Morgan fingerprint density at radius 3 is 2.71 bits per heavy atom. The summed E-state index contributed by atoms with van der Waals surface area (Å²) in [4.78, 5) is 16.1. The van der Waals surface area contributed by atoms with E-state index in [0.29, 0.717) is 18.5 Å². The molecule has 1 aromatic carbocycles. The lowest BCUT2D eigenvalue weighted by Gasteiger charge is -2.50. The summed E-state index contributed by atoms with van der Waals surface area (Å²) in [7, 11) is 0. The Morgan fingerprint density at radius 1 is 1.21 bits per heavy atom. The zero-order valence-corrected chi connectivity index (χ0v) is 20.3. The second kappa shape index (κ2) is 8.25. The van der Waals surface area contributed by atoms with Gasteiger partial charge in [-0.25, -0.2) is 4.68 Å². The Bertz CT molecular complexity index is 1230. The van der Waals surface area contributed by atoms with Crippen molar-refractivity contribution in [2.24, 2.45) is 5.92 Å². The summed E-state index contributed by atoms with van der Waals surface area (Å²) in [5.74, 6) is 0.445. The summed E-state index contributed by atoms with van der Waals surface area (Å²) < 4.78 is 9.39. The molecule has 4 heterocycles. The average molecular weight is 484 g/mol. The van der Waals surface area contributed by atoms with Gasteiger partial charge in [-0.2, -0.15) is 10.2 Å². The SMILES string of the molecule is CC(=O)NC[C@@H]1C[C@H]1n1cc(-n2ncc3cc(Cl)c(N4CCN(C5(C)COC5)CC4)cc32)cn1. The van der Waals surface area contributed by atoms with Gasteiger partial charge in [0.1, 0.15) is 5.69 Å². The molecule has 1 amide bonds. The fourth-order valence-electron chi connectivity index (χ4n) is 5.22. The molecule has 2 aromatic heterocycles. The summed E-state index contributed by atoms with van der Waals surface area (Å²) in [6, 6.07) is 4.49. The van der Waals surface area contributed by atoms with Crippen molar-refractivity contribution < 1.29 is 9.53 Å². The quantitative estimate of drug-likeness (QED) is 0.580. The molecular weight excluding hydrogens is 454 g/mol. The van der Waals surface area contributed by atoms with Crippen LogP contribution in [-0.4, -0.2) is 81.8 Å². The van der Waals surface area contributed by atoms with Crippen LogP contribution in [0.25, 0.3) is 16.6 Å². The number of carbonyl (C=O) groups is 1. The van der Waals surface area contributed by atoms with E-state index in [1.54, 1.807) is 6.92 Å². The Labute approximate surface area is 203 Å². The van der Waals surface area contributed by atoms with Crippen LogP contribution in [0.3, 0.4) is 0 Å². The summed E-state index contributed by atoms with van der Waals surface area (Å²) in [6.07, 6.45) is 6.78. The molecule has 3 aromatic rings. The first kappa shape index (κ1) is 21.9. The van der Waals surface area contributed by atoms with Crippen LogP contribution in [0.5, 0.6) is 0 Å². The number of nitrogens with one attached hydrogen (secondary N) is 1. The number of hydrogen-bond donors (Lipinski definition) is 1. The number of nitrogens with zero attached hydrogens (tertiary/aromatic N) is 6. The van der Waals surface area contributed by atoms with Crippen molar-refractivity contribution in [2.75, 3.05) is 50.8 Å². The van der Waals surface area contributed by atoms with Gasteiger partial charge in [-0.15, -0.1) is 0 Å². The van der Waals surface area contributed by atoms with Gasteiger partial charge in [-0.3, -0.25) is 14.4 Å². The highest BCUT2D eigenvalue weighted by Crippen LogP contribution is 2.42. The molecule has 1 saturated carbocycles. The van der Waals surface area contributed by atoms with E-state index in [1.807, 2.05) is 34.0 Å². The first-order valence-corrected chi connectivity index (χ1v) is 12.3. The Balaban J connectivity index is 1.20. The lowest BCUT2D eigenvalue weighted by atomic mass is 9.97. The van der Waals surface area contributed by atoms with E-state index in [1.165, 1.54) is 0 Å². The largest absolute Gasteiger partial charge is 0.377 e. The average Bonchev–Trinajstić information content (AvgIpc) is 3.21. The zero-order valence-electron chi connectivity index (χ0n) is 19.6. The van der Waals surface area contributed by atoms with E-state index < -0.39 is 0 Å². The fourth-order valence-corrected chi connectivity index (χ4v) is 5.51. The van der Waals surface area contributed by atoms with E-state index in [0.717, 1.165) is 73.1 Å². The van der Waals surface area contributed by atoms with E-state index in [4.69, 9.17) is 16.3 Å². The van der Waals surface area contributed by atoms with Crippen molar-refractivity contribution in [2.45, 2.75) is 31.8 Å². The number of benzene rings is 1. The zero-order chi connectivity index (χ0) is 23.4. The van der Waals surface area contributed by atoms with Crippen LogP contribution >= 0.6 is 11.6 Å². The molecule has 2 saturated heterocycles. The first-order valence-electron chi connectivity index (χ1n) is 12.0. The first-order chi connectivity index (χ1) is 16.4. The van der Waals surface area contributed by atoms with Crippen molar-refractivity contribution >= 4 is 34.1 Å². The molecule has 0 radical (unpaired) electrons. The Kier molecular flexibility index (Phi) is 5.31. The molecule has 3 aliphatic rings. The van der Waals surface area contributed by atoms with Crippen molar-refractivity contribution in [3.05, 3.63) is 35.7 Å². The Morgan fingerprint density at radius 2 is 2.00 bits per heavy atom. The highest BCUT2D eigenvalue weighted by molar-refractivity contribution is 6.34. The van der Waals surface area contributed by atoms with E-state index >= 15 is 0 Å². The molecule has 9 nitrogen and oxygen atoms in total. The highest BCUT2D eigenvalue weighted by Gasteiger charge is 2.41. The van der Waals surface area contributed by atoms with Crippen LogP contribution in [0.15, 0.2) is 30.7 Å². The second-order valence-corrected chi connectivity index (χ2v) is 10.5. The van der Waals surface area contributed by atoms with Crippen molar-refractivity contribution in [1.29, 1.82) is 0 Å². The monoisotopic (exact) mass is 483 g/mol. The molecule has 180 valence electrons. The number of fused-ring (bicyclic) bond motifs is 1. The molecule has 10 heteroatoms. The third-order valence-electron chi connectivity index (χ3n) is 7.52. The molecule has 6 rings (SSSR count). The van der Waals surface area contributed by atoms with Gasteiger partial charge in [0.05, 0.1) is 59.6 Å². The van der Waals surface area contributed by atoms with Crippen LogP contribution in [0.2, 0.25) is 5.02 Å². The van der Waals surface area contributed by atoms with Crippen LogP contribution in [0.4, 0.5) is 5.69 Å². The molecule has 34 heavy (non-hydrogen) atoms. The molecule has 0 bridgehead atoms. The molecule has 3 fully saturated rings. The molecule has 0 unspecified atom stereocenters. The van der Waals surface area contributed by atoms with E-state index in [9.17, 15) is 4.79 Å². The molecule has 1 aliphatic carbocycles. The number of rotatable bonds is 6. The van der Waals surface area contributed by atoms with Gasteiger partial charge in [-0.1, -0.05) is 11.6 Å². The van der Waals surface area contributed by atoms with Crippen molar-refractivity contribution in [1.82, 2.24) is 29.8 Å². The number of hydrogen-bond acceptors (Lipinski definition) is 6. The van der Waals surface area contributed by atoms with Crippen molar-refractivity contribution in [3.8, 4) is 5.69 Å². The Hall–Kier alpha value is -2.62. The number of carbonyl (C=O) groups excluding carboxylic acids is 1. The number of halogens is 1. The van der Waals surface area contributed by atoms with Gasteiger partial charge in [0.15, 0.2) is 0 Å². The van der Waals surface area contributed by atoms with Gasteiger partial charge in [0, 0.05) is 51.0 Å². The predicted molar refractivity (Wildman–Crippen MR) is 131 cm³/mol. The fraction of sp³-hybridized carbons (Fsp3) is 0.542. The van der Waals surface area contributed by atoms with Crippen LogP contribution in [-0.2, 0) is 9.53 Å². The molecular formula is C24H30ClN7O2. The standard InChI is InChI=1S/C24H30ClN7O2/c1-16(33)26-10-18-8-21(18)31-13-19(12-27-31)32-22-9-23(20(25)7-17(22)11-28-32)29-3-5-30(6-4-29)24(2)14-34-15-24/h7,9,11-13,18,21H,3-6,8,10,14-15H2,1-2H3,(H,26,33)/t18-,21+/m0/s1. The summed E-state index contributed by atoms with van der Waals surface area (Å²) >= 11 is 6.72. The summed E-state index contributed by atoms with van der Waals surface area (Å²) in [6.45, 7) is 10.0. The predicted octanol–water partition coefficient (Wildman–Crippen LogP) is 2.48. The molecule has 0 spiro atoms.